The molecule has 1 saturated heterocycles. The van der Waals surface area contributed by atoms with E-state index in [1.54, 1.807) is 0 Å². The largest absolute Gasteiger partial charge is 0.353 e. The molecule has 5 heteroatoms. The van der Waals surface area contributed by atoms with Crippen molar-refractivity contribution in [3.05, 3.63) is 0 Å². The lowest BCUT2D eigenvalue weighted by Gasteiger charge is -2.32. The van der Waals surface area contributed by atoms with Crippen LogP contribution in [-0.4, -0.2) is 36.3 Å². The zero-order valence-electron chi connectivity index (χ0n) is 9.16. The lowest BCUT2D eigenvalue weighted by atomic mass is 9.86. The van der Waals surface area contributed by atoms with E-state index in [-0.39, 0.29) is 18.4 Å². The van der Waals surface area contributed by atoms with E-state index in [2.05, 4.69) is 11.4 Å². The molecule has 1 aliphatic heterocycles. The second-order valence-corrected chi connectivity index (χ2v) is 4.48. The molecule has 0 aromatic rings. The van der Waals surface area contributed by atoms with Crippen LogP contribution in [0.3, 0.4) is 0 Å². The van der Waals surface area contributed by atoms with Gasteiger partial charge in [-0.15, -0.1) is 0 Å². The van der Waals surface area contributed by atoms with Gasteiger partial charge in [0, 0.05) is 13.1 Å². The molecule has 0 bridgehead atoms. The van der Waals surface area contributed by atoms with Crippen molar-refractivity contribution < 1.29 is 9.59 Å². The second kappa shape index (κ2) is 4.12. The van der Waals surface area contributed by atoms with E-state index < -0.39 is 5.41 Å². The molecule has 1 aliphatic carbocycles. The zero-order valence-corrected chi connectivity index (χ0v) is 9.16. The lowest BCUT2D eigenvalue weighted by Crippen LogP contribution is -2.53. The van der Waals surface area contributed by atoms with Crippen molar-refractivity contribution in [1.29, 1.82) is 5.26 Å². The summed E-state index contributed by atoms with van der Waals surface area (Å²) in [7, 11) is 0. The van der Waals surface area contributed by atoms with Crippen LogP contribution in [0.15, 0.2) is 0 Å². The Labute approximate surface area is 94.4 Å². The maximum Gasteiger partial charge on any atom is 0.243 e. The maximum absolute atomic E-state index is 12.2. The summed E-state index contributed by atoms with van der Waals surface area (Å²) in [5.74, 6) is -0.284. The molecule has 16 heavy (non-hydrogen) atoms. The molecule has 1 heterocycles. The Morgan fingerprint density at radius 2 is 2.12 bits per heavy atom. The average Bonchev–Trinajstić information content (AvgIpc) is 2.78. The summed E-state index contributed by atoms with van der Waals surface area (Å²) in [4.78, 5) is 24.9. The molecular formula is C11H15N3O2. The van der Waals surface area contributed by atoms with Crippen LogP contribution >= 0.6 is 0 Å². The first-order valence-electron chi connectivity index (χ1n) is 5.65. The van der Waals surface area contributed by atoms with E-state index in [9.17, 15) is 14.9 Å². The quantitative estimate of drug-likeness (QED) is 0.679. The van der Waals surface area contributed by atoms with Crippen molar-refractivity contribution in [2.45, 2.75) is 25.7 Å². The van der Waals surface area contributed by atoms with Crippen LogP contribution in [-0.2, 0) is 9.59 Å². The highest BCUT2D eigenvalue weighted by atomic mass is 16.2. The molecule has 1 saturated carbocycles. The van der Waals surface area contributed by atoms with Crippen molar-refractivity contribution in [2.24, 2.45) is 5.41 Å². The predicted molar refractivity (Wildman–Crippen MR) is 56.1 cm³/mol. The summed E-state index contributed by atoms with van der Waals surface area (Å²) in [6.45, 7) is 1.11. The van der Waals surface area contributed by atoms with Gasteiger partial charge in [0.2, 0.25) is 11.8 Å². The Balaban J connectivity index is 2.11. The van der Waals surface area contributed by atoms with Crippen LogP contribution in [0, 0.1) is 16.7 Å². The summed E-state index contributed by atoms with van der Waals surface area (Å²) >= 11 is 0. The standard InChI is InChI=1S/C11H15N3O2/c12-8-11(3-1-2-4-11)10(16)14-6-5-13-9(15)7-14/h1-7H2,(H,13,15). The molecular weight excluding hydrogens is 206 g/mol. The Morgan fingerprint density at radius 3 is 2.69 bits per heavy atom. The topological polar surface area (TPSA) is 73.2 Å². The van der Waals surface area contributed by atoms with Crippen molar-refractivity contribution in [2.75, 3.05) is 19.6 Å². The minimum Gasteiger partial charge on any atom is -0.353 e. The van der Waals surface area contributed by atoms with E-state index >= 15 is 0 Å². The van der Waals surface area contributed by atoms with E-state index in [0.717, 1.165) is 12.8 Å². The van der Waals surface area contributed by atoms with Crippen molar-refractivity contribution in [3.8, 4) is 6.07 Å². The highest BCUT2D eigenvalue weighted by Gasteiger charge is 2.44. The fraction of sp³-hybridized carbons (Fsp3) is 0.727. The average molecular weight is 221 g/mol. The third kappa shape index (κ3) is 1.75. The Hall–Kier alpha value is -1.57. The highest BCUT2D eigenvalue weighted by Crippen LogP contribution is 2.39. The number of nitrogens with zero attached hydrogens (tertiary/aromatic N) is 2. The monoisotopic (exact) mass is 221 g/mol. The van der Waals surface area contributed by atoms with E-state index in [1.165, 1.54) is 4.90 Å². The van der Waals surface area contributed by atoms with E-state index in [4.69, 9.17) is 0 Å². The molecule has 5 nitrogen and oxygen atoms in total. The molecule has 0 radical (unpaired) electrons. The van der Waals surface area contributed by atoms with Crippen LogP contribution < -0.4 is 5.32 Å². The normalized spacial score (nSPS) is 23.7. The number of carbonyl (C=O) groups excluding carboxylic acids is 2. The van der Waals surface area contributed by atoms with Gasteiger partial charge in [0.05, 0.1) is 12.6 Å². The van der Waals surface area contributed by atoms with Gasteiger partial charge >= 0.3 is 0 Å². The second-order valence-electron chi connectivity index (χ2n) is 4.48. The predicted octanol–water partition coefficient (Wildman–Crippen LogP) is 0.0288. The van der Waals surface area contributed by atoms with Gasteiger partial charge in [-0.25, -0.2) is 0 Å². The minimum atomic E-state index is -0.850. The number of amides is 2. The van der Waals surface area contributed by atoms with Gasteiger partial charge in [0.1, 0.15) is 5.41 Å². The maximum atomic E-state index is 12.2. The number of carbonyl (C=O) groups is 2. The summed E-state index contributed by atoms with van der Waals surface area (Å²) in [6, 6.07) is 2.17. The number of rotatable bonds is 1. The van der Waals surface area contributed by atoms with Gasteiger partial charge in [-0.05, 0) is 12.8 Å². The smallest absolute Gasteiger partial charge is 0.243 e. The SMILES string of the molecule is N#CC1(C(=O)N2CCNC(=O)C2)CCCC1. The third-order valence-corrected chi connectivity index (χ3v) is 3.41. The summed E-state index contributed by atoms with van der Waals surface area (Å²) < 4.78 is 0. The number of hydrogen-bond donors (Lipinski definition) is 1. The molecule has 86 valence electrons. The number of hydrogen-bond acceptors (Lipinski definition) is 3. The van der Waals surface area contributed by atoms with Gasteiger partial charge in [-0.3, -0.25) is 9.59 Å². The number of nitrogens with one attached hydrogen (secondary N) is 1. The summed E-state index contributed by atoms with van der Waals surface area (Å²) in [5.41, 5.74) is -0.850. The van der Waals surface area contributed by atoms with Gasteiger partial charge in [0.15, 0.2) is 0 Å². The summed E-state index contributed by atoms with van der Waals surface area (Å²) in [6.07, 6.45) is 3.14. The van der Waals surface area contributed by atoms with Crippen molar-refractivity contribution in [3.63, 3.8) is 0 Å². The highest BCUT2D eigenvalue weighted by molar-refractivity contribution is 5.90. The van der Waals surface area contributed by atoms with Crippen molar-refractivity contribution >= 4 is 11.8 Å². The van der Waals surface area contributed by atoms with Crippen LogP contribution in [0.2, 0.25) is 0 Å². The third-order valence-electron chi connectivity index (χ3n) is 3.41. The number of nitriles is 1. The van der Waals surface area contributed by atoms with Crippen LogP contribution in [0.4, 0.5) is 0 Å². The lowest BCUT2D eigenvalue weighted by molar-refractivity contribution is -0.144. The van der Waals surface area contributed by atoms with Crippen LogP contribution in [0.1, 0.15) is 25.7 Å². The van der Waals surface area contributed by atoms with Gasteiger partial charge in [0.25, 0.3) is 0 Å². The molecule has 2 amide bonds. The first kappa shape index (κ1) is 10.9. The Kier molecular flexibility index (Phi) is 2.82. The van der Waals surface area contributed by atoms with Gasteiger partial charge in [-0.1, -0.05) is 12.8 Å². The first-order chi connectivity index (χ1) is 7.68. The molecule has 0 unspecified atom stereocenters. The molecule has 1 N–H and O–H groups in total. The molecule has 0 aromatic carbocycles. The molecule has 2 aliphatic rings. The van der Waals surface area contributed by atoms with Gasteiger partial charge in [-0.2, -0.15) is 5.26 Å². The fourth-order valence-corrected chi connectivity index (χ4v) is 2.47. The minimum absolute atomic E-state index is 0.0995. The fourth-order valence-electron chi connectivity index (χ4n) is 2.47. The molecule has 2 fully saturated rings. The Bertz CT molecular complexity index is 353. The molecule has 2 rings (SSSR count). The first-order valence-corrected chi connectivity index (χ1v) is 5.65. The van der Waals surface area contributed by atoms with Gasteiger partial charge < -0.3 is 10.2 Å². The molecule has 0 aromatic heterocycles. The Morgan fingerprint density at radius 1 is 1.44 bits per heavy atom. The van der Waals surface area contributed by atoms with E-state index in [0.29, 0.717) is 25.9 Å². The van der Waals surface area contributed by atoms with E-state index in [1.807, 2.05) is 0 Å². The van der Waals surface area contributed by atoms with Crippen molar-refractivity contribution in [1.82, 2.24) is 10.2 Å². The number of piperazine rings is 1. The zero-order chi connectivity index (χ0) is 11.6. The molecule has 0 atom stereocenters. The van der Waals surface area contributed by atoms with Crippen LogP contribution in [0.5, 0.6) is 0 Å². The summed E-state index contributed by atoms with van der Waals surface area (Å²) in [5, 5.41) is 11.9. The molecule has 0 spiro atoms. The van der Waals surface area contributed by atoms with Crippen LogP contribution in [0.25, 0.3) is 0 Å².